The van der Waals surface area contributed by atoms with Crippen molar-refractivity contribution < 1.29 is 0 Å². The highest BCUT2D eigenvalue weighted by Gasteiger charge is 1.96. The van der Waals surface area contributed by atoms with E-state index in [1.165, 1.54) is 0 Å². The Hall–Kier alpha value is -0.680. The first kappa shape index (κ1) is 11.4. The first-order valence-electron chi connectivity index (χ1n) is 4.32. The number of hydrogen-bond donors (Lipinski definition) is 1. The molecule has 0 fully saturated rings. The molecule has 3 heteroatoms. The van der Waals surface area contributed by atoms with Gasteiger partial charge in [-0.15, -0.1) is 0 Å². The van der Waals surface area contributed by atoms with Gasteiger partial charge in [-0.3, -0.25) is 0 Å². The van der Waals surface area contributed by atoms with Crippen LogP contribution >= 0.6 is 23.2 Å². The van der Waals surface area contributed by atoms with Gasteiger partial charge in [-0.05, 0) is 25.2 Å². The van der Waals surface area contributed by atoms with Crippen LogP contribution in [0.3, 0.4) is 0 Å². The molecule has 0 saturated carbocycles. The maximum atomic E-state index is 5.93. The van der Waals surface area contributed by atoms with Crippen LogP contribution in [-0.4, -0.2) is 13.6 Å². The van der Waals surface area contributed by atoms with Crippen LogP contribution in [0.1, 0.15) is 12.0 Å². The lowest BCUT2D eigenvalue weighted by atomic mass is 10.2. The van der Waals surface area contributed by atoms with Gasteiger partial charge in [-0.25, -0.2) is 0 Å². The Labute approximate surface area is 94.4 Å². The van der Waals surface area contributed by atoms with Gasteiger partial charge >= 0.3 is 0 Å². The van der Waals surface area contributed by atoms with E-state index < -0.39 is 0 Å². The number of halogens is 2. The minimum atomic E-state index is 0.645. The third-order valence-corrected chi connectivity index (χ3v) is 2.22. The minimum Gasteiger partial charge on any atom is -0.319 e. The summed E-state index contributed by atoms with van der Waals surface area (Å²) >= 11 is 11.8. The first-order chi connectivity index (χ1) is 6.74. The summed E-state index contributed by atoms with van der Waals surface area (Å²) < 4.78 is 0. The van der Waals surface area contributed by atoms with Crippen LogP contribution in [0.25, 0.3) is 0 Å². The van der Waals surface area contributed by atoms with Gasteiger partial charge in [0.1, 0.15) is 0 Å². The highest BCUT2D eigenvalue weighted by molar-refractivity contribution is 6.33. The Morgan fingerprint density at radius 2 is 2.14 bits per heavy atom. The summed E-state index contributed by atoms with van der Waals surface area (Å²) in [6, 6.07) is 5.28. The third-order valence-electron chi connectivity index (χ3n) is 1.65. The van der Waals surface area contributed by atoms with Gasteiger partial charge in [-0.1, -0.05) is 35.0 Å². The van der Waals surface area contributed by atoms with Crippen molar-refractivity contribution in [3.8, 4) is 11.8 Å². The Balaban J connectivity index is 2.73. The Morgan fingerprint density at radius 1 is 1.36 bits per heavy atom. The molecule has 0 saturated heterocycles. The molecule has 74 valence electrons. The number of benzene rings is 1. The summed E-state index contributed by atoms with van der Waals surface area (Å²) in [5.41, 5.74) is 0.787. The van der Waals surface area contributed by atoms with E-state index in [2.05, 4.69) is 17.2 Å². The second kappa shape index (κ2) is 5.93. The van der Waals surface area contributed by atoms with E-state index in [1.807, 2.05) is 7.05 Å². The second-order valence-electron chi connectivity index (χ2n) is 2.78. The van der Waals surface area contributed by atoms with E-state index in [9.17, 15) is 0 Å². The quantitative estimate of drug-likeness (QED) is 0.606. The zero-order valence-electron chi connectivity index (χ0n) is 7.90. The molecule has 0 bridgehead atoms. The number of hydrogen-bond acceptors (Lipinski definition) is 1. The van der Waals surface area contributed by atoms with Crippen molar-refractivity contribution in [1.29, 1.82) is 0 Å². The van der Waals surface area contributed by atoms with Crippen molar-refractivity contribution in [2.45, 2.75) is 6.42 Å². The molecule has 0 aliphatic heterocycles. The highest BCUT2D eigenvalue weighted by Crippen LogP contribution is 2.19. The topological polar surface area (TPSA) is 12.0 Å². The lowest BCUT2D eigenvalue weighted by Crippen LogP contribution is -2.05. The molecule has 0 aliphatic rings. The van der Waals surface area contributed by atoms with Crippen LogP contribution in [-0.2, 0) is 0 Å². The molecule has 0 amide bonds. The maximum absolute atomic E-state index is 5.93. The Kier molecular flexibility index (Phi) is 4.82. The molecule has 0 atom stereocenters. The Morgan fingerprint density at radius 3 is 2.86 bits per heavy atom. The van der Waals surface area contributed by atoms with Crippen molar-refractivity contribution in [3.05, 3.63) is 33.8 Å². The van der Waals surface area contributed by atoms with Gasteiger partial charge in [0.15, 0.2) is 0 Å². The van der Waals surface area contributed by atoms with Crippen LogP contribution in [0.15, 0.2) is 18.2 Å². The molecule has 0 aliphatic carbocycles. The van der Waals surface area contributed by atoms with E-state index >= 15 is 0 Å². The predicted octanol–water partition coefficient (Wildman–Crippen LogP) is 2.95. The molecule has 0 heterocycles. The molecule has 1 aromatic rings. The van der Waals surface area contributed by atoms with Crippen LogP contribution in [0.4, 0.5) is 0 Å². The van der Waals surface area contributed by atoms with Crippen molar-refractivity contribution >= 4 is 23.2 Å². The van der Waals surface area contributed by atoms with Gasteiger partial charge in [0.2, 0.25) is 0 Å². The lowest BCUT2D eigenvalue weighted by molar-refractivity contribution is 0.818. The average molecular weight is 228 g/mol. The van der Waals surface area contributed by atoms with E-state index in [1.54, 1.807) is 18.2 Å². The standard InChI is InChI=1S/C11H11Cl2N/c1-14-7-3-2-4-9-8-10(12)5-6-11(9)13/h5-6,8,14H,3,7H2,1H3. The van der Waals surface area contributed by atoms with Gasteiger partial charge in [0, 0.05) is 23.6 Å². The highest BCUT2D eigenvalue weighted by atomic mass is 35.5. The molecule has 14 heavy (non-hydrogen) atoms. The molecule has 1 nitrogen and oxygen atoms in total. The van der Waals surface area contributed by atoms with Gasteiger partial charge in [0.05, 0.1) is 5.02 Å². The summed E-state index contributed by atoms with van der Waals surface area (Å²) in [5, 5.41) is 4.32. The normalized spacial score (nSPS) is 9.36. The minimum absolute atomic E-state index is 0.645. The zero-order chi connectivity index (χ0) is 10.4. The molecule has 0 unspecified atom stereocenters. The van der Waals surface area contributed by atoms with Crippen LogP contribution in [0.5, 0.6) is 0 Å². The van der Waals surface area contributed by atoms with Gasteiger partial charge < -0.3 is 5.32 Å². The van der Waals surface area contributed by atoms with Crippen molar-refractivity contribution in [3.63, 3.8) is 0 Å². The first-order valence-corrected chi connectivity index (χ1v) is 5.08. The molecular weight excluding hydrogens is 217 g/mol. The molecule has 1 aromatic carbocycles. The van der Waals surface area contributed by atoms with Crippen LogP contribution in [0, 0.1) is 11.8 Å². The Bertz CT molecular complexity index is 363. The van der Waals surface area contributed by atoms with Crippen LogP contribution in [0.2, 0.25) is 10.0 Å². The predicted molar refractivity (Wildman–Crippen MR) is 61.9 cm³/mol. The molecule has 0 radical (unpaired) electrons. The van der Waals surface area contributed by atoms with Gasteiger partial charge in [0.25, 0.3) is 0 Å². The van der Waals surface area contributed by atoms with E-state index in [4.69, 9.17) is 23.2 Å². The summed E-state index contributed by atoms with van der Waals surface area (Å²) in [6.45, 7) is 0.880. The summed E-state index contributed by atoms with van der Waals surface area (Å²) in [6.07, 6.45) is 0.805. The van der Waals surface area contributed by atoms with E-state index in [-0.39, 0.29) is 0 Å². The second-order valence-corrected chi connectivity index (χ2v) is 3.62. The summed E-state index contributed by atoms with van der Waals surface area (Å²) in [7, 11) is 1.90. The maximum Gasteiger partial charge on any atom is 0.0563 e. The smallest absolute Gasteiger partial charge is 0.0563 e. The fourth-order valence-electron chi connectivity index (χ4n) is 0.939. The zero-order valence-corrected chi connectivity index (χ0v) is 9.41. The van der Waals surface area contributed by atoms with Crippen molar-refractivity contribution in [1.82, 2.24) is 5.32 Å². The molecule has 1 N–H and O–H groups in total. The summed E-state index contributed by atoms with van der Waals surface area (Å²) in [5.74, 6) is 6.00. The van der Waals surface area contributed by atoms with Gasteiger partial charge in [-0.2, -0.15) is 0 Å². The number of rotatable bonds is 2. The number of nitrogens with one attached hydrogen (secondary N) is 1. The third kappa shape index (κ3) is 3.59. The monoisotopic (exact) mass is 227 g/mol. The molecular formula is C11H11Cl2N. The average Bonchev–Trinajstić information content (AvgIpc) is 2.18. The van der Waals surface area contributed by atoms with E-state index in [0.29, 0.717) is 10.0 Å². The van der Waals surface area contributed by atoms with Crippen molar-refractivity contribution in [2.24, 2.45) is 0 Å². The molecule has 0 spiro atoms. The fourth-order valence-corrected chi connectivity index (χ4v) is 1.28. The fraction of sp³-hybridized carbons (Fsp3) is 0.273. The summed E-state index contributed by atoms with van der Waals surface area (Å²) in [4.78, 5) is 0. The van der Waals surface area contributed by atoms with Crippen LogP contribution < -0.4 is 5.32 Å². The van der Waals surface area contributed by atoms with E-state index in [0.717, 1.165) is 18.5 Å². The SMILES string of the molecule is CNCCC#Cc1cc(Cl)ccc1Cl. The lowest BCUT2D eigenvalue weighted by Gasteiger charge is -1.95. The molecule has 1 rings (SSSR count). The molecule has 0 aromatic heterocycles. The van der Waals surface area contributed by atoms with Crippen molar-refractivity contribution in [2.75, 3.05) is 13.6 Å². The largest absolute Gasteiger partial charge is 0.319 e.